The molecule has 28 heavy (non-hydrogen) atoms. The Morgan fingerprint density at radius 2 is 2.07 bits per heavy atom. The van der Waals surface area contributed by atoms with E-state index in [2.05, 4.69) is 23.5 Å². The van der Waals surface area contributed by atoms with Crippen molar-refractivity contribution in [3.8, 4) is 12.0 Å². The van der Waals surface area contributed by atoms with Gasteiger partial charge in [0.25, 0.3) is 0 Å². The van der Waals surface area contributed by atoms with E-state index in [1.165, 1.54) is 0 Å². The maximum Gasteiger partial charge on any atom is 0.242 e. The summed E-state index contributed by atoms with van der Waals surface area (Å²) in [5, 5.41) is 13.6. The second-order valence-electron chi connectivity index (χ2n) is 7.04. The van der Waals surface area contributed by atoms with Gasteiger partial charge in [0, 0.05) is 34.0 Å². The molecule has 1 fully saturated rings. The highest BCUT2D eigenvalue weighted by Crippen LogP contribution is 2.45. The third kappa shape index (κ3) is 4.01. The summed E-state index contributed by atoms with van der Waals surface area (Å²) in [6.07, 6.45) is 2.08. The van der Waals surface area contributed by atoms with Crippen molar-refractivity contribution in [1.82, 2.24) is 9.99 Å². The molecular weight excluding hydrogens is 392 g/mol. The molecule has 0 radical (unpaired) electrons. The van der Waals surface area contributed by atoms with E-state index in [1.807, 2.05) is 61.9 Å². The molecule has 0 spiro atoms. The van der Waals surface area contributed by atoms with Gasteiger partial charge in [-0.05, 0) is 40.7 Å². The molecule has 1 N–H and O–H groups in total. The van der Waals surface area contributed by atoms with Gasteiger partial charge < -0.3 is 4.42 Å². The number of aryl methyl sites for hydroxylation is 2. The smallest absolute Gasteiger partial charge is 0.242 e. The third-order valence-corrected chi connectivity index (χ3v) is 8.22. The average molecular weight is 417 g/mol. The third-order valence-electron chi connectivity index (χ3n) is 4.92. The van der Waals surface area contributed by atoms with Crippen LogP contribution in [0.15, 0.2) is 15.6 Å². The van der Waals surface area contributed by atoms with Gasteiger partial charge in [-0.25, -0.2) is 5.43 Å². The number of nitrogens with zero attached hydrogens (tertiary/aromatic N) is 3. The van der Waals surface area contributed by atoms with Gasteiger partial charge in [0.15, 0.2) is 0 Å². The quantitative estimate of drug-likeness (QED) is 0.583. The summed E-state index contributed by atoms with van der Waals surface area (Å²) in [5.41, 5.74) is 6.72. The van der Waals surface area contributed by atoms with Gasteiger partial charge in [0.1, 0.15) is 17.4 Å². The molecule has 1 amide bonds. The lowest BCUT2D eigenvalue weighted by atomic mass is 10.2. The number of nitrogens with one attached hydrogen (secondary N) is 1. The topological polar surface area (TPSA) is 83.3 Å². The lowest BCUT2D eigenvalue weighted by Crippen LogP contribution is -2.26. The Morgan fingerprint density at radius 1 is 1.39 bits per heavy atom. The molecule has 2 aromatic rings. The van der Waals surface area contributed by atoms with Gasteiger partial charge >= 0.3 is 0 Å². The van der Waals surface area contributed by atoms with Gasteiger partial charge in [0.2, 0.25) is 11.8 Å². The van der Waals surface area contributed by atoms with Crippen LogP contribution in [0.5, 0.6) is 0 Å². The highest BCUT2D eigenvalue weighted by Gasteiger charge is 2.32. The second kappa shape index (κ2) is 8.10. The highest BCUT2D eigenvalue weighted by atomic mass is 32.2. The molecule has 148 valence electrons. The van der Waals surface area contributed by atoms with Crippen molar-refractivity contribution in [3.05, 3.63) is 39.9 Å². The van der Waals surface area contributed by atoms with E-state index in [1.54, 1.807) is 6.21 Å². The number of hydrazone groups is 1. The SMILES string of the molecule is Cc1oc(-n2c(C)cc(/C=N\NC(=O)CC3(C)SCCS3)c2C)c(C#N)c1C. The van der Waals surface area contributed by atoms with E-state index in [9.17, 15) is 10.1 Å². The van der Waals surface area contributed by atoms with Crippen LogP contribution in [0, 0.1) is 39.0 Å². The molecule has 0 unspecified atom stereocenters. The zero-order chi connectivity index (χ0) is 20.5. The summed E-state index contributed by atoms with van der Waals surface area (Å²) < 4.78 is 7.70. The first-order valence-corrected chi connectivity index (χ1v) is 11.0. The summed E-state index contributed by atoms with van der Waals surface area (Å²) in [7, 11) is 0. The number of thioether (sulfide) groups is 2. The molecule has 2 aromatic heterocycles. The Kier molecular flexibility index (Phi) is 5.96. The molecule has 0 atom stereocenters. The second-order valence-corrected chi connectivity index (χ2v) is 10.5. The number of carbonyl (C=O) groups is 1. The van der Waals surface area contributed by atoms with Crippen LogP contribution < -0.4 is 5.43 Å². The van der Waals surface area contributed by atoms with Crippen LogP contribution in [0.4, 0.5) is 0 Å². The molecule has 0 aliphatic carbocycles. The van der Waals surface area contributed by atoms with E-state index >= 15 is 0 Å². The zero-order valence-electron chi connectivity index (χ0n) is 16.8. The predicted octanol–water partition coefficient (Wildman–Crippen LogP) is 4.21. The van der Waals surface area contributed by atoms with Gasteiger partial charge in [-0.15, -0.1) is 23.5 Å². The molecule has 1 aliphatic rings. The Hall–Kier alpha value is -2.11. The largest absolute Gasteiger partial charge is 0.443 e. The van der Waals surface area contributed by atoms with Crippen molar-refractivity contribution in [3.63, 3.8) is 0 Å². The Balaban J connectivity index is 1.77. The number of aromatic nitrogens is 1. The molecule has 0 aromatic carbocycles. The molecule has 3 rings (SSSR count). The standard InChI is InChI=1S/C20H24N4O2S2/c1-12-8-16(11-22-23-18(25)9-20(5)27-6-7-28-20)14(3)24(12)19-17(10-21)13(2)15(4)26-19/h8,11H,6-7,9H2,1-5H3,(H,23,25)/b22-11-. The predicted molar refractivity (Wildman–Crippen MR) is 115 cm³/mol. The first-order chi connectivity index (χ1) is 13.3. The minimum atomic E-state index is -0.0847. The number of hydrogen-bond donors (Lipinski definition) is 1. The number of nitriles is 1. The van der Waals surface area contributed by atoms with Crippen LogP contribution in [0.1, 0.15) is 47.2 Å². The van der Waals surface area contributed by atoms with E-state index in [-0.39, 0.29) is 9.99 Å². The van der Waals surface area contributed by atoms with E-state index in [4.69, 9.17) is 4.42 Å². The molecule has 8 heteroatoms. The number of amides is 1. The van der Waals surface area contributed by atoms with E-state index in [0.29, 0.717) is 17.9 Å². The molecule has 0 bridgehead atoms. The van der Waals surface area contributed by atoms with E-state index in [0.717, 1.165) is 39.8 Å². The van der Waals surface area contributed by atoms with Crippen molar-refractivity contribution in [2.75, 3.05) is 11.5 Å². The molecule has 1 aliphatic heterocycles. The molecule has 3 heterocycles. The fourth-order valence-electron chi connectivity index (χ4n) is 3.29. The number of carbonyl (C=O) groups excluding carboxylic acids is 1. The summed E-state index contributed by atoms with van der Waals surface area (Å²) >= 11 is 3.65. The minimum absolute atomic E-state index is 0.0574. The van der Waals surface area contributed by atoms with Crippen LogP contribution in [0.2, 0.25) is 0 Å². The minimum Gasteiger partial charge on any atom is -0.443 e. The van der Waals surface area contributed by atoms with Gasteiger partial charge in [-0.3, -0.25) is 9.36 Å². The first kappa shape index (κ1) is 20.6. The maximum atomic E-state index is 12.2. The Bertz CT molecular complexity index is 975. The highest BCUT2D eigenvalue weighted by molar-refractivity contribution is 8.21. The van der Waals surface area contributed by atoms with Crippen LogP contribution >= 0.6 is 23.5 Å². The van der Waals surface area contributed by atoms with Crippen molar-refractivity contribution in [2.45, 2.75) is 45.1 Å². The van der Waals surface area contributed by atoms with Gasteiger partial charge in [-0.1, -0.05) is 0 Å². The summed E-state index contributed by atoms with van der Waals surface area (Å²) in [6.45, 7) is 9.73. The van der Waals surface area contributed by atoms with Crippen LogP contribution in [-0.2, 0) is 4.79 Å². The lowest BCUT2D eigenvalue weighted by Gasteiger charge is -2.19. The van der Waals surface area contributed by atoms with Gasteiger partial charge in [0.05, 0.1) is 16.7 Å². The van der Waals surface area contributed by atoms with Crippen LogP contribution in [0.3, 0.4) is 0 Å². The van der Waals surface area contributed by atoms with Gasteiger partial charge in [-0.2, -0.15) is 10.4 Å². The van der Waals surface area contributed by atoms with Crippen LogP contribution in [-0.4, -0.2) is 32.3 Å². The number of rotatable bonds is 5. The average Bonchev–Trinajstić information content (AvgIpc) is 3.25. The zero-order valence-corrected chi connectivity index (χ0v) is 18.4. The van der Waals surface area contributed by atoms with Crippen molar-refractivity contribution >= 4 is 35.6 Å². The van der Waals surface area contributed by atoms with Crippen LogP contribution in [0.25, 0.3) is 5.88 Å². The fraction of sp³-hybridized carbons (Fsp3) is 0.450. The summed E-state index contributed by atoms with van der Waals surface area (Å²) in [4.78, 5) is 12.2. The monoisotopic (exact) mass is 416 g/mol. The fourth-order valence-corrected chi connectivity index (χ4v) is 6.12. The Labute approximate surface area is 173 Å². The molecule has 0 saturated carbocycles. The molecule has 6 nitrogen and oxygen atoms in total. The lowest BCUT2D eigenvalue weighted by molar-refractivity contribution is -0.121. The number of hydrogen-bond acceptors (Lipinski definition) is 6. The summed E-state index contributed by atoms with van der Waals surface area (Å²) in [6, 6.07) is 4.20. The van der Waals surface area contributed by atoms with Crippen molar-refractivity contribution < 1.29 is 9.21 Å². The normalized spacial score (nSPS) is 15.9. The number of furan rings is 1. The van der Waals surface area contributed by atoms with Crippen molar-refractivity contribution in [2.24, 2.45) is 5.10 Å². The Morgan fingerprint density at radius 3 is 2.71 bits per heavy atom. The van der Waals surface area contributed by atoms with Crippen molar-refractivity contribution in [1.29, 1.82) is 5.26 Å². The molecule has 1 saturated heterocycles. The molecular formula is C20H24N4O2S2. The first-order valence-electron chi connectivity index (χ1n) is 9.05. The summed E-state index contributed by atoms with van der Waals surface area (Å²) in [5.74, 6) is 3.34. The maximum absolute atomic E-state index is 12.2. The van der Waals surface area contributed by atoms with E-state index < -0.39 is 0 Å².